The van der Waals surface area contributed by atoms with E-state index in [-0.39, 0.29) is 11.4 Å². The van der Waals surface area contributed by atoms with Crippen LogP contribution in [0.5, 0.6) is 5.75 Å². The number of ether oxygens (including phenoxy) is 1. The Morgan fingerprint density at radius 2 is 2.22 bits per heavy atom. The van der Waals surface area contributed by atoms with Crippen molar-refractivity contribution in [3.8, 4) is 11.8 Å². The van der Waals surface area contributed by atoms with Crippen LogP contribution in [0.25, 0.3) is 5.57 Å². The van der Waals surface area contributed by atoms with Gasteiger partial charge in [-0.05, 0) is 40.9 Å². The molecule has 7 nitrogen and oxygen atoms in total. The lowest BCUT2D eigenvalue weighted by Crippen LogP contribution is -1.94. The molecule has 8 heteroatoms. The molecule has 2 aromatic heterocycles. The van der Waals surface area contributed by atoms with E-state index in [1.54, 1.807) is 11.3 Å². The molecule has 0 radical (unpaired) electrons. The van der Waals surface area contributed by atoms with Gasteiger partial charge in [-0.25, -0.2) is 0 Å². The summed E-state index contributed by atoms with van der Waals surface area (Å²) in [4.78, 5) is 1.17. The van der Waals surface area contributed by atoms with Gasteiger partial charge in [-0.2, -0.15) is 10.5 Å². The predicted octanol–water partition coefficient (Wildman–Crippen LogP) is 2.82. The summed E-state index contributed by atoms with van der Waals surface area (Å²) in [6.07, 6.45) is 1.53. The second-order valence-corrected chi connectivity index (χ2v) is 5.47. The van der Waals surface area contributed by atoms with E-state index in [0.717, 1.165) is 11.4 Å². The number of nitriles is 1. The Morgan fingerprint density at radius 3 is 2.87 bits per heavy atom. The summed E-state index contributed by atoms with van der Waals surface area (Å²) in [5.41, 5.74) is 1.11. The number of allylic oxidation sites excluding steroid dienone is 1. The molecule has 0 bridgehead atoms. The molecule has 3 rings (SSSR count). The zero-order valence-corrected chi connectivity index (χ0v) is 12.7. The average molecular weight is 324 g/mol. The summed E-state index contributed by atoms with van der Waals surface area (Å²) in [5.74, 6) is 1.03. The van der Waals surface area contributed by atoms with Crippen molar-refractivity contribution < 1.29 is 4.74 Å². The molecule has 2 N–H and O–H groups in total. The zero-order valence-electron chi connectivity index (χ0n) is 11.9. The van der Waals surface area contributed by atoms with Crippen molar-refractivity contribution in [3.63, 3.8) is 0 Å². The van der Waals surface area contributed by atoms with E-state index in [4.69, 9.17) is 10.00 Å². The van der Waals surface area contributed by atoms with Gasteiger partial charge in [0.2, 0.25) is 5.82 Å². The number of aromatic nitrogens is 4. The Labute approximate surface area is 136 Å². The van der Waals surface area contributed by atoms with E-state index < -0.39 is 0 Å². The van der Waals surface area contributed by atoms with Gasteiger partial charge in [-0.15, -0.1) is 21.5 Å². The summed E-state index contributed by atoms with van der Waals surface area (Å²) >= 11 is 1.66. The highest BCUT2D eigenvalue weighted by molar-refractivity contribution is 7.09. The highest BCUT2D eigenvalue weighted by atomic mass is 32.1. The topological polar surface area (TPSA) is 99.5 Å². The van der Waals surface area contributed by atoms with Crippen LogP contribution in [0.1, 0.15) is 10.7 Å². The predicted molar refractivity (Wildman–Crippen MR) is 86.5 cm³/mol. The van der Waals surface area contributed by atoms with E-state index in [9.17, 15) is 0 Å². The first-order chi connectivity index (χ1) is 11.3. The molecule has 0 spiro atoms. The molecular formula is C15H12N6OS. The van der Waals surface area contributed by atoms with Crippen LogP contribution in [-0.2, 0) is 6.61 Å². The van der Waals surface area contributed by atoms with Gasteiger partial charge in [0, 0.05) is 16.8 Å². The van der Waals surface area contributed by atoms with Gasteiger partial charge in [0.15, 0.2) is 0 Å². The number of thiophene rings is 1. The number of nitrogens with zero attached hydrogens (tertiary/aromatic N) is 4. The summed E-state index contributed by atoms with van der Waals surface area (Å²) in [7, 11) is 0. The number of H-pyrrole nitrogens is 1. The van der Waals surface area contributed by atoms with Crippen LogP contribution in [-0.4, -0.2) is 20.6 Å². The Balaban J connectivity index is 1.60. The number of rotatable bonds is 6. The van der Waals surface area contributed by atoms with Gasteiger partial charge in [-0.3, -0.25) is 0 Å². The first kappa shape index (κ1) is 14.7. The summed E-state index contributed by atoms with van der Waals surface area (Å²) in [5, 5.41) is 27.4. The molecule has 0 fully saturated rings. The third-order valence-corrected chi connectivity index (χ3v) is 3.76. The Hall–Kier alpha value is -3.18. The van der Waals surface area contributed by atoms with Crippen LogP contribution in [0.2, 0.25) is 0 Å². The minimum atomic E-state index is 0.246. The van der Waals surface area contributed by atoms with Gasteiger partial charge in [0.25, 0.3) is 0 Å². The third kappa shape index (κ3) is 3.93. The van der Waals surface area contributed by atoms with Crippen molar-refractivity contribution in [1.82, 2.24) is 20.6 Å². The molecule has 1 aromatic carbocycles. The Morgan fingerprint density at radius 1 is 1.35 bits per heavy atom. The standard InChI is InChI=1S/C15H12N6OS/c16-8-11(15-18-20-21-19-15)9-17-12-3-5-13(6-4-12)22-10-14-2-1-7-23-14/h1-7,9,17H,10H2,(H,18,19,20,21). The molecule has 23 heavy (non-hydrogen) atoms. The number of anilines is 1. The first-order valence-electron chi connectivity index (χ1n) is 6.71. The Bertz CT molecular complexity index is 803. The number of benzene rings is 1. The van der Waals surface area contributed by atoms with E-state index >= 15 is 0 Å². The van der Waals surface area contributed by atoms with E-state index in [2.05, 4.69) is 25.9 Å². The normalized spacial score (nSPS) is 11.0. The van der Waals surface area contributed by atoms with Gasteiger partial charge in [-0.1, -0.05) is 6.07 Å². The number of hydrogen-bond acceptors (Lipinski definition) is 7. The van der Waals surface area contributed by atoms with Crippen molar-refractivity contribution in [2.45, 2.75) is 6.61 Å². The van der Waals surface area contributed by atoms with Gasteiger partial charge >= 0.3 is 0 Å². The molecule has 0 aliphatic rings. The van der Waals surface area contributed by atoms with E-state index in [0.29, 0.717) is 6.61 Å². The van der Waals surface area contributed by atoms with Crippen molar-refractivity contribution in [1.29, 1.82) is 5.26 Å². The summed E-state index contributed by atoms with van der Waals surface area (Å²) in [6.45, 7) is 0.556. The number of aromatic amines is 1. The fourth-order valence-corrected chi connectivity index (χ4v) is 2.39. The van der Waals surface area contributed by atoms with Crippen molar-refractivity contribution >= 4 is 22.6 Å². The number of nitrogens with one attached hydrogen (secondary N) is 2. The van der Waals surface area contributed by atoms with E-state index in [1.807, 2.05) is 47.8 Å². The lowest BCUT2D eigenvalue weighted by atomic mass is 10.3. The van der Waals surface area contributed by atoms with Crippen molar-refractivity contribution in [2.75, 3.05) is 5.32 Å². The molecule has 0 saturated heterocycles. The van der Waals surface area contributed by atoms with E-state index in [1.165, 1.54) is 11.1 Å². The largest absolute Gasteiger partial charge is 0.488 e. The monoisotopic (exact) mass is 324 g/mol. The SMILES string of the molecule is N#CC(=CNc1ccc(OCc2cccs2)cc1)c1nn[nH]n1. The molecule has 0 unspecified atom stereocenters. The Kier molecular flexibility index (Phi) is 4.61. The highest BCUT2D eigenvalue weighted by Gasteiger charge is 2.05. The van der Waals surface area contributed by atoms with Crippen molar-refractivity contribution in [3.05, 3.63) is 58.7 Å². The summed E-state index contributed by atoms with van der Waals surface area (Å²) < 4.78 is 5.69. The minimum absolute atomic E-state index is 0.246. The van der Waals surface area contributed by atoms with Crippen LogP contribution in [0, 0.1) is 11.3 Å². The molecule has 0 aliphatic carbocycles. The summed E-state index contributed by atoms with van der Waals surface area (Å²) in [6, 6.07) is 13.5. The maximum absolute atomic E-state index is 9.08. The molecule has 114 valence electrons. The van der Waals surface area contributed by atoms with Gasteiger partial charge in [0.05, 0.1) is 0 Å². The van der Waals surface area contributed by atoms with Crippen LogP contribution in [0.15, 0.2) is 48.0 Å². The molecular weight excluding hydrogens is 312 g/mol. The number of hydrogen-bond donors (Lipinski definition) is 2. The quantitative estimate of drug-likeness (QED) is 0.676. The highest BCUT2D eigenvalue weighted by Crippen LogP contribution is 2.19. The minimum Gasteiger partial charge on any atom is -0.488 e. The van der Waals surface area contributed by atoms with Crippen LogP contribution in [0.3, 0.4) is 0 Å². The number of tetrazole rings is 1. The molecule has 0 aliphatic heterocycles. The first-order valence-corrected chi connectivity index (χ1v) is 7.59. The fourth-order valence-electron chi connectivity index (χ4n) is 1.77. The molecule has 0 saturated carbocycles. The second kappa shape index (κ2) is 7.20. The lowest BCUT2D eigenvalue weighted by Gasteiger charge is -2.06. The third-order valence-electron chi connectivity index (χ3n) is 2.91. The van der Waals surface area contributed by atoms with Gasteiger partial charge < -0.3 is 10.1 Å². The zero-order chi connectivity index (χ0) is 15.9. The maximum Gasteiger partial charge on any atom is 0.216 e. The molecule has 0 amide bonds. The van der Waals surface area contributed by atoms with Gasteiger partial charge in [0.1, 0.15) is 24.0 Å². The molecule has 3 aromatic rings. The molecule has 0 atom stereocenters. The second-order valence-electron chi connectivity index (χ2n) is 4.44. The average Bonchev–Trinajstić information content (AvgIpc) is 3.28. The lowest BCUT2D eigenvalue weighted by molar-refractivity contribution is 0.310. The van der Waals surface area contributed by atoms with Crippen LogP contribution in [0.4, 0.5) is 5.69 Å². The smallest absolute Gasteiger partial charge is 0.216 e. The maximum atomic E-state index is 9.08. The van der Waals surface area contributed by atoms with Crippen molar-refractivity contribution in [2.24, 2.45) is 0 Å². The fraction of sp³-hybridized carbons (Fsp3) is 0.0667. The molecule has 2 heterocycles. The van der Waals surface area contributed by atoms with Crippen LogP contribution >= 0.6 is 11.3 Å². The van der Waals surface area contributed by atoms with Crippen LogP contribution < -0.4 is 10.1 Å².